The van der Waals surface area contributed by atoms with Crippen LogP contribution < -0.4 is 5.73 Å². The van der Waals surface area contributed by atoms with Crippen molar-refractivity contribution in [2.45, 2.75) is 66.5 Å². The van der Waals surface area contributed by atoms with Crippen LogP contribution in [0.2, 0.25) is 0 Å². The molecule has 17 heavy (non-hydrogen) atoms. The summed E-state index contributed by atoms with van der Waals surface area (Å²) in [4.78, 5) is 2.64. The van der Waals surface area contributed by atoms with Crippen LogP contribution in [0.15, 0.2) is 0 Å². The molecule has 0 aromatic rings. The highest BCUT2D eigenvalue weighted by atomic mass is 15.2. The first-order valence-electron chi connectivity index (χ1n) is 7.21. The number of rotatable bonds is 3. The van der Waals surface area contributed by atoms with Crippen LogP contribution >= 0.6 is 0 Å². The van der Waals surface area contributed by atoms with Crippen LogP contribution in [0.3, 0.4) is 0 Å². The van der Waals surface area contributed by atoms with Gasteiger partial charge in [-0.15, -0.1) is 0 Å². The number of hydrogen-bond acceptors (Lipinski definition) is 2. The normalized spacial score (nSPS) is 33.7. The summed E-state index contributed by atoms with van der Waals surface area (Å²) < 4.78 is 0. The van der Waals surface area contributed by atoms with Crippen molar-refractivity contribution >= 4 is 0 Å². The Balaban J connectivity index is 2.45. The molecular weight excluding hydrogens is 208 g/mol. The van der Waals surface area contributed by atoms with Gasteiger partial charge < -0.3 is 10.6 Å². The molecular formula is C15H32N2. The number of piperidine rings is 1. The van der Waals surface area contributed by atoms with Crippen LogP contribution in [0.4, 0.5) is 0 Å². The molecule has 1 saturated heterocycles. The van der Waals surface area contributed by atoms with Gasteiger partial charge in [0.1, 0.15) is 0 Å². The fraction of sp³-hybridized carbons (Fsp3) is 1.00. The van der Waals surface area contributed by atoms with Crippen LogP contribution in [-0.2, 0) is 0 Å². The van der Waals surface area contributed by atoms with E-state index in [1.54, 1.807) is 0 Å². The van der Waals surface area contributed by atoms with Crippen molar-refractivity contribution in [3.8, 4) is 0 Å². The largest absolute Gasteiger partial charge is 0.327 e. The van der Waals surface area contributed by atoms with Crippen LogP contribution in [0.5, 0.6) is 0 Å². The molecule has 4 atom stereocenters. The number of hydrogen-bond donors (Lipinski definition) is 1. The molecule has 0 spiro atoms. The Labute approximate surface area is 108 Å². The Morgan fingerprint density at radius 1 is 1.24 bits per heavy atom. The Morgan fingerprint density at radius 2 is 1.82 bits per heavy atom. The number of nitrogens with two attached hydrogens (primary N) is 1. The second-order valence-electron chi connectivity index (χ2n) is 7.31. The summed E-state index contributed by atoms with van der Waals surface area (Å²) in [5.74, 6) is 1.66. The molecule has 102 valence electrons. The minimum absolute atomic E-state index is 0.232. The van der Waals surface area contributed by atoms with Gasteiger partial charge in [-0.25, -0.2) is 0 Å². The second kappa shape index (κ2) is 5.71. The third kappa shape index (κ3) is 4.26. The van der Waals surface area contributed by atoms with Crippen molar-refractivity contribution < 1.29 is 0 Å². The molecule has 1 rings (SSSR count). The minimum atomic E-state index is 0.232. The Kier molecular flexibility index (Phi) is 5.03. The highest BCUT2D eigenvalue weighted by molar-refractivity contribution is 4.84. The van der Waals surface area contributed by atoms with E-state index in [2.05, 4.69) is 46.4 Å². The second-order valence-corrected chi connectivity index (χ2v) is 7.31. The maximum atomic E-state index is 6.26. The fourth-order valence-electron chi connectivity index (χ4n) is 2.87. The lowest BCUT2D eigenvalue weighted by atomic mass is 9.83. The quantitative estimate of drug-likeness (QED) is 0.821. The molecule has 0 bridgehead atoms. The zero-order valence-electron chi connectivity index (χ0n) is 12.7. The molecule has 1 aliphatic rings. The van der Waals surface area contributed by atoms with Crippen molar-refractivity contribution in [3.05, 3.63) is 0 Å². The zero-order chi connectivity index (χ0) is 13.2. The summed E-state index contributed by atoms with van der Waals surface area (Å²) in [6.45, 7) is 16.3. The van der Waals surface area contributed by atoms with Crippen LogP contribution in [0.25, 0.3) is 0 Å². The summed E-state index contributed by atoms with van der Waals surface area (Å²) in [5, 5.41) is 0. The summed E-state index contributed by atoms with van der Waals surface area (Å²) in [5.41, 5.74) is 6.49. The molecule has 0 aromatic carbocycles. The Morgan fingerprint density at radius 3 is 2.35 bits per heavy atom. The molecule has 0 aromatic heterocycles. The van der Waals surface area contributed by atoms with Crippen LogP contribution in [0.1, 0.15) is 54.4 Å². The van der Waals surface area contributed by atoms with Crippen molar-refractivity contribution in [2.75, 3.05) is 13.1 Å². The predicted molar refractivity (Wildman–Crippen MR) is 76.0 cm³/mol. The van der Waals surface area contributed by atoms with E-state index in [9.17, 15) is 0 Å². The first kappa shape index (κ1) is 15.0. The van der Waals surface area contributed by atoms with Gasteiger partial charge in [-0.2, -0.15) is 0 Å². The van der Waals surface area contributed by atoms with Gasteiger partial charge in [0.15, 0.2) is 0 Å². The molecule has 2 heteroatoms. The third-order valence-electron chi connectivity index (χ3n) is 4.56. The van der Waals surface area contributed by atoms with Crippen molar-refractivity contribution in [1.29, 1.82) is 0 Å². The lowest BCUT2D eigenvalue weighted by molar-refractivity contribution is 0.0730. The molecule has 4 unspecified atom stereocenters. The summed E-state index contributed by atoms with van der Waals surface area (Å²) >= 11 is 0. The minimum Gasteiger partial charge on any atom is -0.327 e. The predicted octanol–water partition coefficient (Wildman–Crippen LogP) is 3.12. The van der Waals surface area contributed by atoms with E-state index in [1.165, 1.54) is 13.0 Å². The molecule has 1 heterocycles. The van der Waals surface area contributed by atoms with Crippen LogP contribution in [-0.4, -0.2) is 30.1 Å². The van der Waals surface area contributed by atoms with Gasteiger partial charge in [0.25, 0.3) is 0 Å². The maximum absolute atomic E-state index is 6.26. The first-order chi connectivity index (χ1) is 7.71. The van der Waals surface area contributed by atoms with Crippen LogP contribution in [0, 0.1) is 17.3 Å². The van der Waals surface area contributed by atoms with Crippen molar-refractivity contribution in [3.63, 3.8) is 0 Å². The zero-order valence-corrected chi connectivity index (χ0v) is 12.7. The van der Waals surface area contributed by atoms with E-state index in [0.717, 1.165) is 30.8 Å². The summed E-state index contributed by atoms with van der Waals surface area (Å²) in [6, 6.07) is 1.03. The molecule has 0 aliphatic carbocycles. The lowest BCUT2D eigenvalue weighted by Gasteiger charge is -2.42. The molecule has 2 nitrogen and oxygen atoms in total. The standard InChI is InChI=1S/C15H32N2/c1-11-9-12(2)13(3)17(10-11)8-7-14(16)15(4,5)6/h11-14H,7-10,16H2,1-6H3. The highest BCUT2D eigenvalue weighted by Crippen LogP contribution is 2.28. The van der Waals surface area contributed by atoms with E-state index in [4.69, 9.17) is 5.73 Å². The lowest BCUT2D eigenvalue weighted by Crippen LogP contribution is -2.48. The van der Waals surface area contributed by atoms with Crippen molar-refractivity contribution in [1.82, 2.24) is 4.90 Å². The maximum Gasteiger partial charge on any atom is 0.00998 e. The Hall–Kier alpha value is -0.0800. The Bertz CT molecular complexity index is 232. The number of nitrogens with zero attached hydrogens (tertiary/aromatic N) is 1. The summed E-state index contributed by atoms with van der Waals surface area (Å²) in [6.07, 6.45) is 2.50. The number of likely N-dealkylation sites (tertiary alicyclic amines) is 1. The van der Waals surface area contributed by atoms with Crippen molar-refractivity contribution in [2.24, 2.45) is 23.0 Å². The van der Waals surface area contributed by atoms with Gasteiger partial charge in [0.2, 0.25) is 0 Å². The van der Waals surface area contributed by atoms with Gasteiger partial charge >= 0.3 is 0 Å². The third-order valence-corrected chi connectivity index (χ3v) is 4.56. The van der Waals surface area contributed by atoms with E-state index in [-0.39, 0.29) is 5.41 Å². The van der Waals surface area contributed by atoms with E-state index >= 15 is 0 Å². The van der Waals surface area contributed by atoms with E-state index in [1.807, 2.05) is 0 Å². The SMILES string of the molecule is CC1CC(C)C(C)N(CCC(N)C(C)(C)C)C1. The average molecular weight is 240 g/mol. The molecule has 0 amide bonds. The van der Waals surface area contributed by atoms with Gasteiger partial charge in [0, 0.05) is 18.6 Å². The molecule has 1 fully saturated rings. The van der Waals surface area contributed by atoms with Gasteiger partial charge in [-0.05, 0) is 43.6 Å². The molecule has 1 aliphatic heterocycles. The first-order valence-corrected chi connectivity index (χ1v) is 7.21. The smallest absolute Gasteiger partial charge is 0.00998 e. The summed E-state index contributed by atoms with van der Waals surface area (Å²) in [7, 11) is 0. The van der Waals surface area contributed by atoms with E-state index in [0.29, 0.717) is 6.04 Å². The molecule has 0 saturated carbocycles. The highest BCUT2D eigenvalue weighted by Gasteiger charge is 2.29. The topological polar surface area (TPSA) is 29.3 Å². The van der Waals surface area contributed by atoms with Gasteiger partial charge in [-0.3, -0.25) is 0 Å². The van der Waals surface area contributed by atoms with Gasteiger partial charge in [0.05, 0.1) is 0 Å². The van der Waals surface area contributed by atoms with Gasteiger partial charge in [-0.1, -0.05) is 34.6 Å². The monoisotopic (exact) mass is 240 g/mol. The molecule has 0 radical (unpaired) electrons. The van der Waals surface area contributed by atoms with E-state index < -0.39 is 0 Å². The average Bonchev–Trinajstić information content (AvgIpc) is 2.19. The molecule has 2 N–H and O–H groups in total. The fourth-order valence-corrected chi connectivity index (χ4v) is 2.87.